The molecule has 19 heavy (non-hydrogen) atoms. The summed E-state index contributed by atoms with van der Waals surface area (Å²) in [5, 5.41) is 3.61. The average Bonchev–Trinajstić information content (AvgIpc) is 2.88. The standard InChI is InChI=1S/C16H33NO2/c1-5-17-15(16(13(3)4)18-6-2)11-7-9-14-10-8-12-19-14/h13-17H,5-12H2,1-4H3. The maximum atomic E-state index is 5.95. The number of hydrogen-bond acceptors (Lipinski definition) is 3. The Morgan fingerprint density at radius 2 is 2.11 bits per heavy atom. The summed E-state index contributed by atoms with van der Waals surface area (Å²) in [5.41, 5.74) is 0. The Morgan fingerprint density at radius 3 is 2.63 bits per heavy atom. The molecule has 1 heterocycles. The monoisotopic (exact) mass is 271 g/mol. The van der Waals surface area contributed by atoms with E-state index in [9.17, 15) is 0 Å². The highest BCUT2D eigenvalue weighted by Gasteiger charge is 2.24. The molecule has 0 amide bonds. The molecule has 0 aromatic heterocycles. The van der Waals surface area contributed by atoms with Crippen molar-refractivity contribution in [1.82, 2.24) is 5.32 Å². The predicted molar refractivity (Wildman–Crippen MR) is 80.5 cm³/mol. The zero-order valence-corrected chi connectivity index (χ0v) is 13.3. The fraction of sp³-hybridized carbons (Fsp3) is 1.00. The van der Waals surface area contributed by atoms with Crippen LogP contribution in [0.2, 0.25) is 0 Å². The van der Waals surface area contributed by atoms with Crippen molar-refractivity contribution in [1.29, 1.82) is 0 Å². The summed E-state index contributed by atoms with van der Waals surface area (Å²) in [5.74, 6) is 0.562. The second kappa shape index (κ2) is 9.73. The van der Waals surface area contributed by atoms with Gasteiger partial charge in [0, 0.05) is 19.3 Å². The van der Waals surface area contributed by atoms with Crippen molar-refractivity contribution in [2.45, 2.75) is 78.0 Å². The van der Waals surface area contributed by atoms with Gasteiger partial charge in [-0.2, -0.15) is 0 Å². The molecule has 3 atom stereocenters. The van der Waals surface area contributed by atoms with E-state index in [1.54, 1.807) is 0 Å². The van der Waals surface area contributed by atoms with Crippen LogP contribution in [0.25, 0.3) is 0 Å². The lowest BCUT2D eigenvalue weighted by Gasteiger charge is -2.31. The van der Waals surface area contributed by atoms with Crippen LogP contribution in [-0.4, -0.2) is 38.0 Å². The summed E-state index contributed by atoms with van der Waals surface area (Å²) in [6, 6.07) is 0.478. The highest BCUT2D eigenvalue weighted by Crippen LogP contribution is 2.21. The number of rotatable bonds is 10. The number of hydrogen-bond donors (Lipinski definition) is 1. The normalized spacial score (nSPS) is 22.9. The van der Waals surface area contributed by atoms with E-state index in [1.165, 1.54) is 32.1 Å². The van der Waals surface area contributed by atoms with E-state index in [0.29, 0.717) is 24.2 Å². The summed E-state index contributed by atoms with van der Waals surface area (Å²) in [6.07, 6.45) is 6.98. The van der Waals surface area contributed by atoms with Gasteiger partial charge in [-0.1, -0.05) is 20.8 Å². The topological polar surface area (TPSA) is 30.5 Å². The van der Waals surface area contributed by atoms with Gasteiger partial charge in [-0.15, -0.1) is 0 Å². The highest BCUT2D eigenvalue weighted by atomic mass is 16.5. The molecule has 1 saturated heterocycles. The highest BCUT2D eigenvalue weighted by molar-refractivity contribution is 4.80. The molecule has 114 valence electrons. The molecule has 0 spiro atoms. The molecule has 0 saturated carbocycles. The molecule has 3 unspecified atom stereocenters. The molecule has 3 heteroatoms. The Hall–Kier alpha value is -0.120. The quantitative estimate of drug-likeness (QED) is 0.661. The maximum absolute atomic E-state index is 5.95. The second-order valence-electron chi connectivity index (χ2n) is 5.89. The third-order valence-corrected chi connectivity index (χ3v) is 3.94. The summed E-state index contributed by atoms with van der Waals surface area (Å²) in [7, 11) is 0. The van der Waals surface area contributed by atoms with Gasteiger partial charge in [-0.25, -0.2) is 0 Å². The first kappa shape index (κ1) is 16.9. The Bertz CT molecular complexity index is 215. The van der Waals surface area contributed by atoms with Crippen LogP contribution in [0.3, 0.4) is 0 Å². The van der Waals surface area contributed by atoms with Gasteiger partial charge in [0.1, 0.15) is 0 Å². The summed E-state index contributed by atoms with van der Waals surface area (Å²) >= 11 is 0. The van der Waals surface area contributed by atoms with E-state index in [2.05, 4.69) is 33.0 Å². The zero-order valence-electron chi connectivity index (χ0n) is 13.3. The molecule has 1 rings (SSSR count). The first-order valence-electron chi connectivity index (χ1n) is 8.15. The van der Waals surface area contributed by atoms with E-state index in [-0.39, 0.29) is 0 Å². The number of nitrogens with one attached hydrogen (secondary N) is 1. The lowest BCUT2D eigenvalue weighted by molar-refractivity contribution is 0.000239. The Morgan fingerprint density at radius 1 is 1.32 bits per heavy atom. The molecule has 0 aromatic carbocycles. The SMILES string of the molecule is CCNC(CCCC1CCCO1)C(OCC)C(C)C. The molecular weight excluding hydrogens is 238 g/mol. The molecule has 0 aliphatic carbocycles. The Labute approximate surface area is 119 Å². The van der Waals surface area contributed by atoms with Crippen molar-refractivity contribution in [3.05, 3.63) is 0 Å². The second-order valence-corrected chi connectivity index (χ2v) is 5.89. The van der Waals surface area contributed by atoms with Gasteiger partial charge in [-0.3, -0.25) is 0 Å². The number of ether oxygens (including phenoxy) is 2. The summed E-state index contributed by atoms with van der Waals surface area (Å²) in [4.78, 5) is 0. The lowest BCUT2D eigenvalue weighted by atomic mass is 9.94. The van der Waals surface area contributed by atoms with Crippen molar-refractivity contribution < 1.29 is 9.47 Å². The average molecular weight is 271 g/mol. The van der Waals surface area contributed by atoms with Gasteiger partial charge in [-0.05, 0) is 51.5 Å². The van der Waals surface area contributed by atoms with Gasteiger partial charge in [0.05, 0.1) is 12.2 Å². The fourth-order valence-corrected chi connectivity index (χ4v) is 3.05. The fourth-order valence-electron chi connectivity index (χ4n) is 3.05. The van der Waals surface area contributed by atoms with Crippen LogP contribution in [0, 0.1) is 5.92 Å². The van der Waals surface area contributed by atoms with Crippen LogP contribution in [0.1, 0.15) is 59.8 Å². The van der Waals surface area contributed by atoms with E-state index < -0.39 is 0 Å². The van der Waals surface area contributed by atoms with Crippen LogP contribution >= 0.6 is 0 Å². The molecule has 1 aliphatic rings. The molecule has 0 radical (unpaired) electrons. The van der Waals surface area contributed by atoms with Crippen LogP contribution in [-0.2, 0) is 9.47 Å². The van der Waals surface area contributed by atoms with Crippen molar-refractivity contribution in [2.75, 3.05) is 19.8 Å². The van der Waals surface area contributed by atoms with Crippen LogP contribution < -0.4 is 5.32 Å². The molecule has 1 aliphatic heterocycles. The molecule has 1 N–H and O–H groups in total. The van der Waals surface area contributed by atoms with Gasteiger partial charge >= 0.3 is 0 Å². The first-order valence-corrected chi connectivity index (χ1v) is 8.15. The molecule has 3 nitrogen and oxygen atoms in total. The van der Waals surface area contributed by atoms with Crippen LogP contribution in [0.15, 0.2) is 0 Å². The van der Waals surface area contributed by atoms with Crippen LogP contribution in [0.5, 0.6) is 0 Å². The molecule has 1 fully saturated rings. The van der Waals surface area contributed by atoms with Gasteiger partial charge in [0.15, 0.2) is 0 Å². The summed E-state index contributed by atoms with van der Waals surface area (Å²) < 4.78 is 11.6. The smallest absolute Gasteiger partial charge is 0.0750 e. The van der Waals surface area contributed by atoms with Crippen molar-refractivity contribution >= 4 is 0 Å². The van der Waals surface area contributed by atoms with Crippen molar-refractivity contribution in [2.24, 2.45) is 5.92 Å². The third kappa shape index (κ3) is 6.24. The molecule has 0 bridgehead atoms. The molecular formula is C16H33NO2. The largest absolute Gasteiger partial charge is 0.378 e. The van der Waals surface area contributed by atoms with Gasteiger partial charge < -0.3 is 14.8 Å². The van der Waals surface area contributed by atoms with Crippen molar-refractivity contribution in [3.8, 4) is 0 Å². The van der Waals surface area contributed by atoms with Gasteiger partial charge in [0.2, 0.25) is 0 Å². The Kier molecular flexibility index (Phi) is 8.67. The minimum absolute atomic E-state index is 0.328. The van der Waals surface area contributed by atoms with Crippen molar-refractivity contribution in [3.63, 3.8) is 0 Å². The van der Waals surface area contributed by atoms with Gasteiger partial charge in [0.25, 0.3) is 0 Å². The van der Waals surface area contributed by atoms with Crippen LogP contribution in [0.4, 0.5) is 0 Å². The number of likely N-dealkylation sites (N-methyl/N-ethyl adjacent to an activating group) is 1. The molecule has 0 aromatic rings. The van der Waals surface area contributed by atoms with E-state index in [0.717, 1.165) is 19.8 Å². The lowest BCUT2D eigenvalue weighted by Crippen LogP contribution is -2.44. The predicted octanol–water partition coefficient (Wildman–Crippen LogP) is 3.37. The zero-order chi connectivity index (χ0) is 14.1. The summed E-state index contributed by atoms with van der Waals surface area (Å²) in [6.45, 7) is 11.6. The third-order valence-electron chi connectivity index (χ3n) is 3.94. The van der Waals surface area contributed by atoms with E-state index in [4.69, 9.17) is 9.47 Å². The maximum Gasteiger partial charge on any atom is 0.0750 e. The first-order chi connectivity index (χ1) is 9.19. The Balaban J connectivity index is 2.35. The van der Waals surface area contributed by atoms with E-state index >= 15 is 0 Å². The minimum atomic E-state index is 0.328. The minimum Gasteiger partial charge on any atom is -0.378 e. The van der Waals surface area contributed by atoms with E-state index in [1.807, 2.05) is 0 Å².